The molecule has 1 fully saturated rings. The Labute approximate surface area is 168 Å². The minimum atomic E-state index is 0.605. The number of rotatable bonds is 4. The van der Waals surface area contributed by atoms with Crippen molar-refractivity contribution in [2.75, 3.05) is 6.54 Å². The van der Waals surface area contributed by atoms with Crippen molar-refractivity contribution >= 4 is 23.2 Å². The second kappa shape index (κ2) is 6.93. The van der Waals surface area contributed by atoms with Crippen LogP contribution in [0.25, 0.3) is 11.3 Å². The molecule has 0 saturated heterocycles. The molecule has 0 spiro atoms. The summed E-state index contributed by atoms with van der Waals surface area (Å²) in [5.41, 5.74) is 3.27. The van der Waals surface area contributed by atoms with Crippen molar-refractivity contribution in [1.29, 1.82) is 0 Å². The Hall–Kier alpha value is -1.88. The number of fused-ring (bicyclic) bond motifs is 1. The molecule has 6 heteroatoms. The Morgan fingerprint density at radius 3 is 2.89 bits per heavy atom. The maximum absolute atomic E-state index is 6.28. The lowest BCUT2D eigenvalue weighted by Crippen LogP contribution is -2.31. The highest BCUT2D eigenvalue weighted by Gasteiger charge is 2.28. The van der Waals surface area contributed by atoms with Gasteiger partial charge in [0.1, 0.15) is 17.3 Å². The van der Waals surface area contributed by atoms with Crippen LogP contribution in [-0.2, 0) is 19.5 Å². The van der Waals surface area contributed by atoms with Gasteiger partial charge in [0.15, 0.2) is 0 Å². The molecule has 4 nitrogen and oxygen atoms in total. The first-order chi connectivity index (χ1) is 13.2. The van der Waals surface area contributed by atoms with Gasteiger partial charge in [0, 0.05) is 53.5 Å². The molecule has 0 atom stereocenters. The largest absolute Gasteiger partial charge is 0.460 e. The average molecular weight is 400 g/mol. The molecule has 0 N–H and O–H groups in total. The van der Waals surface area contributed by atoms with Crippen LogP contribution in [0.3, 0.4) is 0 Å². The Kier molecular flexibility index (Phi) is 4.43. The normalized spacial score (nSPS) is 17.1. The Bertz CT molecular complexity index is 997. The van der Waals surface area contributed by atoms with Gasteiger partial charge in [0.25, 0.3) is 0 Å². The van der Waals surface area contributed by atoms with Crippen molar-refractivity contribution < 1.29 is 4.42 Å². The van der Waals surface area contributed by atoms with E-state index in [1.165, 1.54) is 24.1 Å². The van der Waals surface area contributed by atoms with E-state index in [4.69, 9.17) is 32.6 Å². The summed E-state index contributed by atoms with van der Waals surface area (Å²) in [6, 6.07) is 9.36. The summed E-state index contributed by atoms with van der Waals surface area (Å²) in [4.78, 5) is 11.7. The lowest BCUT2D eigenvalue weighted by molar-refractivity contribution is 0.224. The zero-order chi connectivity index (χ0) is 18.4. The number of hydrogen-bond donors (Lipinski definition) is 0. The molecule has 0 radical (unpaired) electrons. The van der Waals surface area contributed by atoms with Crippen molar-refractivity contribution in [3.05, 3.63) is 69.4 Å². The van der Waals surface area contributed by atoms with Gasteiger partial charge in [-0.15, -0.1) is 0 Å². The van der Waals surface area contributed by atoms with Gasteiger partial charge in [-0.1, -0.05) is 23.2 Å². The van der Waals surface area contributed by atoms with Crippen LogP contribution in [0.4, 0.5) is 0 Å². The number of hydrogen-bond acceptors (Lipinski definition) is 4. The van der Waals surface area contributed by atoms with Gasteiger partial charge >= 0.3 is 0 Å². The second-order valence-corrected chi connectivity index (χ2v) is 8.17. The third-order valence-electron chi connectivity index (χ3n) is 5.21. The van der Waals surface area contributed by atoms with E-state index in [2.05, 4.69) is 9.88 Å². The van der Waals surface area contributed by atoms with Gasteiger partial charge in [-0.3, -0.25) is 4.90 Å². The van der Waals surface area contributed by atoms with Crippen LogP contribution in [0.15, 0.2) is 40.9 Å². The molecule has 27 heavy (non-hydrogen) atoms. The standard InChI is InChI=1S/C21H19Cl2N3O/c22-15-3-5-18(23)17(9-15)20-6-4-16(27-20)12-26-8-7-19-14(11-26)10-24-21(25-19)13-1-2-13/h3-6,9-10,13H,1-2,7-8,11-12H2. The van der Waals surface area contributed by atoms with Crippen LogP contribution >= 0.6 is 23.2 Å². The number of aromatic nitrogens is 2. The number of furan rings is 1. The smallest absolute Gasteiger partial charge is 0.135 e. The first-order valence-corrected chi connectivity index (χ1v) is 10.0. The number of nitrogens with zero attached hydrogens (tertiary/aromatic N) is 3. The number of halogens is 2. The van der Waals surface area contributed by atoms with Crippen molar-refractivity contribution in [3.63, 3.8) is 0 Å². The molecule has 2 aliphatic rings. The van der Waals surface area contributed by atoms with E-state index in [1.54, 1.807) is 12.1 Å². The lowest BCUT2D eigenvalue weighted by atomic mass is 10.1. The fourth-order valence-corrected chi connectivity index (χ4v) is 3.96. The van der Waals surface area contributed by atoms with E-state index in [0.29, 0.717) is 16.0 Å². The maximum atomic E-state index is 6.28. The summed E-state index contributed by atoms with van der Waals surface area (Å²) in [6.07, 6.45) is 5.46. The molecular formula is C21H19Cl2N3O. The predicted molar refractivity (Wildman–Crippen MR) is 106 cm³/mol. The fourth-order valence-electron chi connectivity index (χ4n) is 3.58. The predicted octanol–water partition coefficient (Wildman–Crippen LogP) is 5.48. The van der Waals surface area contributed by atoms with Crippen molar-refractivity contribution in [2.45, 2.75) is 38.3 Å². The molecule has 5 rings (SSSR count). The Balaban J connectivity index is 1.30. The monoisotopic (exact) mass is 399 g/mol. The SMILES string of the molecule is Clc1ccc(Cl)c(-c2ccc(CN3CCc4nc(C5CC5)ncc4C3)o2)c1. The third-order valence-corrected chi connectivity index (χ3v) is 5.77. The molecule has 0 unspecified atom stereocenters. The van der Waals surface area contributed by atoms with Crippen molar-refractivity contribution in [3.8, 4) is 11.3 Å². The fraction of sp³-hybridized carbons (Fsp3) is 0.333. The van der Waals surface area contributed by atoms with Gasteiger partial charge in [-0.05, 0) is 43.2 Å². The minimum absolute atomic E-state index is 0.605. The summed E-state index contributed by atoms with van der Waals surface area (Å²) >= 11 is 12.4. The molecule has 1 aliphatic heterocycles. The lowest BCUT2D eigenvalue weighted by Gasteiger charge is -2.27. The number of benzene rings is 1. The summed E-state index contributed by atoms with van der Waals surface area (Å²) in [5, 5.41) is 1.28. The Morgan fingerprint density at radius 1 is 1.15 bits per heavy atom. The molecule has 3 heterocycles. The molecule has 138 valence electrons. The first-order valence-electron chi connectivity index (χ1n) is 9.27. The quantitative estimate of drug-likeness (QED) is 0.582. The minimum Gasteiger partial charge on any atom is -0.460 e. The summed E-state index contributed by atoms with van der Waals surface area (Å²) in [6.45, 7) is 2.58. The maximum Gasteiger partial charge on any atom is 0.135 e. The molecule has 0 bridgehead atoms. The van der Waals surface area contributed by atoms with Crippen LogP contribution in [0.2, 0.25) is 10.0 Å². The van der Waals surface area contributed by atoms with Gasteiger partial charge in [-0.2, -0.15) is 0 Å². The molecule has 0 amide bonds. The van der Waals surface area contributed by atoms with E-state index in [-0.39, 0.29) is 0 Å². The van der Waals surface area contributed by atoms with Crippen molar-refractivity contribution in [1.82, 2.24) is 14.9 Å². The Morgan fingerprint density at radius 2 is 2.04 bits per heavy atom. The summed E-state index contributed by atoms with van der Waals surface area (Å²) in [7, 11) is 0. The first kappa shape index (κ1) is 17.2. The van der Waals surface area contributed by atoms with Gasteiger partial charge < -0.3 is 4.42 Å². The van der Waals surface area contributed by atoms with Gasteiger partial charge in [0.2, 0.25) is 0 Å². The molecule has 2 aromatic heterocycles. The molecular weight excluding hydrogens is 381 g/mol. The molecule has 3 aromatic rings. The van der Waals surface area contributed by atoms with Crippen LogP contribution in [0.1, 0.15) is 41.6 Å². The van der Waals surface area contributed by atoms with Crippen molar-refractivity contribution in [2.24, 2.45) is 0 Å². The van der Waals surface area contributed by atoms with E-state index < -0.39 is 0 Å². The van der Waals surface area contributed by atoms with E-state index in [1.807, 2.05) is 24.4 Å². The highest BCUT2D eigenvalue weighted by molar-refractivity contribution is 6.35. The van der Waals surface area contributed by atoms with Gasteiger partial charge in [0.05, 0.1) is 11.6 Å². The zero-order valence-electron chi connectivity index (χ0n) is 14.8. The van der Waals surface area contributed by atoms with E-state index in [0.717, 1.165) is 49.0 Å². The third kappa shape index (κ3) is 3.62. The average Bonchev–Trinajstić information content (AvgIpc) is 3.43. The molecule has 1 aromatic carbocycles. The zero-order valence-corrected chi connectivity index (χ0v) is 16.3. The highest BCUT2D eigenvalue weighted by atomic mass is 35.5. The van der Waals surface area contributed by atoms with E-state index in [9.17, 15) is 0 Å². The van der Waals surface area contributed by atoms with E-state index >= 15 is 0 Å². The van der Waals surface area contributed by atoms with Crippen LogP contribution < -0.4 is 0 Å². The summed E-state index contributed by atoms with van der Waals surface area (Å²) in [5.74, 6) is 3.30. The van der Waals surface area contributed by atoms with Gasteiger partial charge in [-0.25, -0.2) is 9.97 Å². The van der Waals surface area contributed by atoms with Crippen LogP contribution in [0, 0.1) is 0 Å². The van der Waals surface area contributed by atoms with Crippen LogP contribution in [-0.4, -0.2) is 21.4 Å². The highest BCUT2D eigenvalue weighted by Crippen LogP contribution is 2.38. The molecule has 1 saturated carbocycles. The topological polar surface area (TPSA) is 42.2 Å². The second-order valence-electron chi connectivity index (χ2n) is 7.33. The summed E-state index contributed by atoms with van der Waals surface area (Å²) < 4.78 is 6.04. The molecule has 1 aliphatic carbocycles. The van der Waals surface area contributed by atoms with Crippen LogP contribution in [0.5, 0.6) is 0 Å².